The molecular formula is C11H17Br2N3. The third-order valence-electron chi connectivity index (χ3n) is 2.11. The van der Waals surface area contributed by atoms with Gasteiger partial charge < -0.3 is 11.1 Å². The Hall–Kier alpha value is -0.130. The van der Waals surface area contributed by atoms with Crippen LogP contribution in [-0.4, -0.2) is 17.6 Å². The first-order valence-electron chi connectivity index (χ1n) is 5.29. The van der Waals surface area contributed by atoms with E-state index in [1.807, 2.05) is 6.07 Å². The van der Waals surface area contributed by atoms with Gasteiger partial charge in [-0.3, -0.25) is 0 Å². The number of halogens is 2. The molecule has 0 fully saturated rings. The minimum absolute atomic E-state index is 0.164. The molecule has 0 aliphatic rings. The van der Waals surface area contributed by atoms with Gasteiger partial charge in [0.05, 0.1) is 4.47 Å². The zero-order valence-electron chi connectivity index (χ0n) is 9.50. The first-order chi connectivity index (χ1) is 7.49. The van der Waals surface area contributed by atoms with E-state index in [0.717, 1.165) is 27.7 Å². The van der Waals surface area contributed by atoms with Crippen molar-refractivity contribution < 1.29 is 0 Å². The summed E-state index contributed by atoms with van der Waals surface area (Å²) in [6.07, 6.45) is 2.78. The fourth-order valence-electron chi connectivity index (χ4n) is 1.46. The van der Waals surface area contributed by atoms with Crippen LogP contribution in [-0.2, 0) is 0 Å². The number of nitrogens with two attached hydrogens (primary N) is 1. The van der Waals surface area contributed by atoms with E-state index in [-0.39, 0.29) is 6.04 Å². The van der Waals surface area contributed by atoms with Crippen LogP contribution in [0.4, 0.5) is 5.82 Å². The average molecular weight is 351 g/mol. The summed E-state index contributed by atoms with van der Waals surface area (Å²) in [5, 5.41) is 3.24. The van der Waals surface area contributed by atoms with Gasteiger partial charge in [-0.1, -0.05) is 13.8 Å². The number of hydrogen-bond donors (Lipinski definition) is 2. The molecule has 0 aliphatic heterocycles. The normalized spacial score (nSPS) is 12.9. The standard InChI is InChI=1S/C11H17Br2N3/c1-7(2)3-9(14)6-16-11-10(13)4-8(12)5-15-11/h4-5,7,9H,3,6,14H2,1-2H3,(H,15,16). The van der Waals surface area contributed by atoms with Crippen molar-refractivity contribution in [1.82, 2.24) is 4.98 Å². The Balaban J connectivity index is 2.48. The Morgan fingerprint density at radius 1 is 1.44 bits per heavy atom. The number of pyridine rings is 1. The lowest BCUT2D eigenvalue weighted by molar-refractivity contribution is 0.508. The molecule has 0 bridgehead atoms. The van der Waals surface area contributed by atoms with E-state index in [2.05, 4.69) is 56.0 Å². The molecular weight excluding hydrogens is 334 g/mol. The molecule has 0 radical (unpaired) electrons. The molecule has 0 amide bonds. The summed E-state index contributed by atoms with van der Waals surface area (Å²) in [6.45, 7) is 5.09. The van der Waals surface area contributed by atoms with Crippen molar-refractivity contribution in [3.63, 3.8) is 0 Å². The molecule has 3 N–H and O–H groups in total. The molecule has 16 heavy (non-hydrogen) atoms. The van der Waals surface area contributed by atoms with E-state index in [0.29, 0.717) is 5.92 Å². The molecule has 1 heterocycles. The number of hydrogen-bond acceptors (Lipinski definition) is 3. The number of anilines is 1. The van der Waals surface area contributed by atoms with Gasteiger partial charge in [-0.25, -0.2) is 4.98 Å². The molecule has 1 rings (SSSR count). The SMILES string of the molecule is CC(C)CC(N)CNc1ncc(Br)cc1Br. The van der Waals surface area contributed by atoms with Crippen molar-refractivity contribution in [2.45, 2.75) is 26.3 Å². The molecule has 1 aromatic heterocycles. The van der Waals surface area contributed by atoms with E-state index in [1.54, 1.807) is 6.20 Å². The average Bonchev–Trinajstić information content (AvgIpc) is 2.15. The van der Waals surface area contributed by atoms with Crippen LogP contribution in [0.1, 0.15) is 20.3 Å². The van der Waals surface area contributed by atoms with Gasteiger partial charge in [-0.2, -0.15) is 0 Å². The predicted octanol–water partition coefficient (Wildman–Crippen LogP) is 3.39. The minimum atomic E-state index is 0.164. The molecule has 1 aromatic rings. The van der Waals surface area contributed by atoms with Crippen LogP contribution < -0.4 is 11.1 Å². The van der Waals surface area contributed by atoms with Crippen molar-refractivity contribution >= 4 is 37.7 Å². The lowest BCUT2D eigenvalue weighted by atomic mass is 10.0. The van der Waals surface area contributed by atoms with E-state index in [9.17, 15) is 0 Å². The highest BCUT2D eigenvalue weighted by Crippen LogP contribution is 2.23. The quantitative estimate of drug-likeness (QED) is 0.855. The van der Waals surface area contributed by atoms with Crippen LogP contribution in [0.5, 0.6) is 0 Å². The number of aromatic nitrogens is 1. The van der Waals surface area contributed by atoms with Gasteiger partial charge in [-0.05, 0) is 50.3 Å². The summed E-state index contributed by atoms with van der Waals surface area (Å²) >= 11 is 6.82. The van der Waals surface area contributed by atoms with Crippen LogP contribution in [0.2, 0.25) is 0 Å². The highest BCUT2D eigenvalue weighted by Gasteiger charge is 2.07. The zero-order valence-corrected chi connectivity index (χ0v) is 12.7. The van der Waals surface area contributed by atoms with Gasteiger partial charge >= 0.3 is 0 Å². The van der Waals surface area contributed by atoms with Gasteiger partial charge in [0.1, 0.15) is 5.82 Å². The van der Waals surface area contributed by atoms with Crippen molar-refractivity contribution in [3.05, 3.63) is 21.2 Å². The summed E-state index contributed by atoms with van der Waals surface area (Å²) in [4.78, 5) is 4.27. The molecule has 0 spiro atoms. The lowest BCUT2D eigenvalue weighted by Gasteiger charge is -2.15. The van der Waals surface area contributed by atoms with Crippen LogP contribution in [0.25, 0.3) is 0 Å². The maximum Gasteiger partial charge on any atom is 0.140 e. The number of rotatable bonds is 5. The van der Waals surface area contributed by atoms with Gasteiger partial charge in [0.25, 0.3) is 0 Å². The second kappa shape index (κ2) is 6.57. The third kappa shape index (κ3) is 4.80. The highest BCUT2D eigenvalue weighted by atomic mass is 79.9. The van der Waals surface area contributed by atoms with E-state index < -0.39 is 0 Å². The Labute approximate surface area is 113 Å². The largest absolute Gasteiger partial charge is 0.368 e. The summed E-state index contributed by atoms with van der Waals surface area (Å²) < 4.78 is 1.90. The lowest BCUT2D eigenvalue weighted by Crippen LogP contribution is -2.30. The van der Waals surface area contributed by atoms with Crippen LogP contribution in [0.15, 0.2) is 21.2 Å². The van der Waals surface area contributed by atoms with Crippen LogP contribution in [0, 0.1) is 5.92 Å². The van der Waals surface area contributed by atoms with Gasteiger partial charge in [0.15, 0.2) is 0 Å². The fourth-order valence-corrected chi connectivity index (χ4v) is 2.59. The van der Waals surface area contributed by atoms with Crippen molar-refractivity contribution in [2.75, 3.05) is 11.9 Å². The predicted molar refractivity (Wildman–Crippen MR) is 75.6 cm³/mol. The van der Waals surface area contributed by atoms with Gasteiger partial charge in [0, 0.05) is 23.3 Å². The first kappa shape index (κ1) is 13.9. The summed E-state index contributed by atoms with van der Waals surface area (Å²) in [7, 11) is 0. The topological polar surface area (TPSA) is 50.9 Å². The van der Waals surface area contributed by atoms with Crippen LogP contribution in [0.3, 0.4) is 0 Å². The second-order valence-corrected chi connectivity index (χ2v) is 6.02. The van der Waals surface area contributed by atoms with Crippen molar-refractivity contribution in [2.24, 2.45) is 11.7 Å². The summed E-state index contributed by atoms with van der Waals surface area (Å²) in [5.41, 5.74) is 5.99. The maximum absolute atomic E-state index is 5.99. The molecule has 1 atom stereocenters. The fraction of sp³-hybridized carbons (Fsp3) is 0.545. The number of nitrogens with one attached hydrogen (secondary N) is 1. The second-order valence-electron chi connectivity index (χ2n) is 4.25. The van der Waals surface area contributed by atoms with E-state index >= 15 is 0 Å². The third-order valence-corrected chi connectivity index (χ3v) is 3.15. The molecule has 0 aliphatic carbocycles. The molecule has 90 valence electrons. The summed E-state index contributed by atoms with van der Waals surface area (Å²) in [6, 6.07) is 2.13. The minimum Gasteiger partial charge on any atom is -0.368 e. The Morgan fingerprint density at radius 2 is 2.12 bits per heavy atom. The van der Waals surface area contributed by atoms with Gasteiger partial charge in [0.2, 0.25) is 0 Å². The molecule has 5 heteroatoms. The summed E-state index contributed by atoms with van der Waals surface area (Å²) in [5.74, 6) is 1.46. The van der Waals surface area contributed by atoms with E-state index in [4.69, 9.17) is 5.73 Å². The molecule has 0 saturated carbocycles. The Kier molecular flexibility index (Phi) is 5.72. The van der Waals surface area contributed by atoms with Crippen molar-refractivity contribution in [1.29, 1.82) is 0 Å². The molecule has 1 unspecified atom stereocenters. The number of nitrogens with zero attached hydrogens (tertiary/aromatic N) is 1. The first-order valence-corrected chi connectivity index (χ1v) is 6.88. The monoisotopic (exact) mass is 349 g/mol. The Morgan fingerprint density at radius 3 is 2.69 bits per heavy atom. The van der Waals surface area contributed by atoms with Gasteiger partial charge in [-0.15, -0.1) is 0 Å². The smallest absolute Gasteiger partial charge is 0.140 e. The van der Waals surface area contributed by atoms with Crippen molar-refractivity contribution in [3.8, 4) is 0 Å². The maximum atomic E-state index is 5.99. The molecule has 0 aromatic carbocycles. The molecule has 3 nitrogen and oxygen atoms in total. The zero-order chi connectivity index (χ0) is 12.1. The van der Waals surface area contributed by atoms with Crippen LogP contribution >= 0.6 is 31.9 Å². The molecule has 0 saturated heterocycles. The van der Waals surface area contributed by atoms with E-state index in [1.165, 1.54) is 0 Å². The Bertz CT molecular complexity index is 342. The highest BCUT2D eigenvalue weighted by molar-refractivity contribution is 9.11.